The lowest BCUT2D eigenvalue weighted by Gasteiger charge is -2.08. The Morgan fingerprint density at radius 1 is 1.15 bits per heavy atom. The Bertz CT molecular complexity index is 690. The molecule has 4 nitrogen and oxygen atoms in total. The Kier molecular flexibility index (Phi) is 3.54. The van der Waals surface area contributed by atoms with Gasteiger partial charge in [-0.1, -0.05) is 27.5 Å². The summed E-state index contributed by atoms with van der Waals surface area (Å²) in [6.45, 7) is 0.178. The smallest absolute Gasteiger partial charge is 0.255 e. The average molecular weight is 355 g/mol. The van der Waals surface area contributed by atoms with E-state index in [1.54, 1.807) is 36.4 Å². The third-order valence-electron chi connectivity index (χ3n) is 2.81. The Morgan fingerprint density at radius 3 is 2.80 bits per heavy atom. The number of fused-ring (bicyclic) bond motifs is 1. The van der Waals surface area contributed by atoms with Crippen LogP contribution in [0.5, 0.6) is 11.5 Å². The van der Waals surface area contributed by atoms with Gasteiger partial charge in [-0.15, -0.1) is 0 Å². The quantitative estimate of drug-likeness (QED) is 0.884. The molecule has 1 aliphatic heterocycles. The second-order valence-corrected chi connectivity index (χ2v) is 5.47. The zero-order chi connectivity index (χ0) is 14.1. The van der Waals surface area contributed by atoms with Crippen LogP contribution in [-0.4, -0.2) is 12.7 Å². The van der Waals surface area contributed by atoms with Crippen molar-refractivity contribution in [1.29, 1.82) is 0 Å². The number of halogens is 2. The summed E-state index contributed by atoms with van der Waals surface area (Å²) in [5.74, 6) is 0.948. The van der Waals surface area contributed by atoms with Crippen molar-refractivity contribution in [2.45, 2.75) is 0 Å². The molecule has 2 aromatic carbocycles. The molecule has 1 heterocycles. The summed E-state index contributed by atoms with van der Waals surface area (Å²) in [4.78, 5) is 12.2. The Hall–Kier alpha value is -1.72. The standard InChI is InChI=1S/C14H9BrClNO3/c15-9-2-3-10(16)11(6-9)17-14(18)8-1-4-12-13(5-8)20-7-19-12/h1-6H,7H2,(H,17,18). The molecule has 0 saturated heterocycles. The van der Waals surface area contributed by atoms with Gasteiger partial charge in [-0.2, -0.15) is 0 Å². The largest absolute Gasteiger partial charge is 0.454 e. The molecule has 1 aliphatic rings. The molecule has 102 valence electrons. The molecule has 0 spiro atoms. The average Bonchev–Trinajstić information content (AvgIpc) is 2.90. The highest BCUT2D eigenvalue weighted by Gasteiger charge is 2.16. The maximum Gasteiger partial charge on any atom is 0.255 e. The first-order valence-electron chi connectivity index (χ1n) is 5.79. The number of anilines is 1. The third-order valence-corrected chi connectivity index (χ3v) is 3.63. The number of hydrogen-bond acceptors (Lipinski definition) is 3. The maximum absolute atomic E-state index is 12.2. The second-order valence-electron chi connectivity index (χ2n) is 4.15. The summed E-state index contributed by atoms with van der Waals surface area (Å²) < 4.78 is 11.3. The maximum atomic E-state index is 12.2. The van der Waals surface area contributed by atoms with Crippen molar-refractivity contribution in [1.82, 2.24) is 0 Å². The van der Waals surface area contributed by atoms with Crippen molar-refractivity contribution in [2.24, 2.45) is 0 Å². The lowest BCUT2D eigenvalue weighted by Crippen LogP contribution is -2.12. The van der Waals surface area contributed by atoms with Crippen molar-refractivity contribution in [3.8, 4) is 11.5 Å². The minimum atomic E-state index is -0.261. The predicted octanol–water partition coefficient (Wildman–Crippen LogP) is 4.08. The van der Waals surface area contributed by atoms with Gasteiger partial charge in [0, 0.05) is 10.0 Å². The Balaban J connectivity index is 1.84. The molecular weight excluding hydrogens is 346 g/mol. The Morgan fingerprint density at radius 2 is 1.95 bits per heavy atom. The normalized spacial score (nSPS) is 12.3. The third kappa shape index (κ3) is 2.59. The van der Waals surface area contributed by atoms with Crippen LogP contribution in [0.3, 0.4) is 0 Å². The van der Waals surface area contributed by atoms with Gasteiger partial charge in [0.25, 0.3) is 5.91 Å². The van der Waals surface area contributed by atoms with Crippen LogP contribution in [0.1, 0.15) is 10.4 Å². The highest BCUT2D eigenvalue weighted by Crippen LogP contribution is 2.33. The molecule has 20 heavy (non-hydrogen) atoms. The van der Waals surface area contributed by atoms with Gasteiger partial charge < -0.3 is 14.8 Å². The molecule has 0 radical (unpaired) electrons. The summed E-state index contributed by atoms with van der Waals surface area (Å²) in [6, 6.07) is 10.3. The zero-order valence-electron chi connectivity index (χ0n) is 10.2. The molecule has 0 bridgehead atoms. The van der Waals surface area contributed by atoms with Crippen molar-refractivity contribution < 1.29 is 14.3 Å². The van der Waals surface area contributed by atoms with Gasteiger partial charge >= 0.3 is 0 Å². The SMILES string of the molecule is O=C(Nc1cc(Br)ccc1Cl)c1ccc2c(c1)OCO2. The topological polar surface area (TPSA) is 47.6 Å². The van der Waals surface area contributed by atoms with E-state index in [9.17, 15) is 4.79 Å². The van der Waals surface area contributed by atoms with Gasteiger partial charge in [0.15, 0.2) is 11.5 Å². The Labute approximate surface area is 128 Å². The van der Waals surface area contributed by atoms with Crippen LogP contribution < -0.4 is 14.8 Å². The van der Waals surface area contributed by atoms with Crippen LogP contribution in [0.4, 0.5) is 5.69 Å². The molecule has 1 amide bonds. The fraction of sp³-hybridized carbons (Fsp3) is 0.0714. The van der Waals surface area contributed by atoms with Crippen LogP contribution in [0.2, 0.25) is 5.02 Å². The number of amides is 1. The summed E-state index contributed by atoms with van der Waals surface area (Å²) in [7, 11) is 0. The lowest BCUT2D eigenvalue weighted by atomic mass is 10.2. The molecule has 2 aromatic rings. The summed E-state index contributed by atoms with van der Waals surface area (Å²) >= 11 is 9.38. The van der Waals surface area contributed by atoms with E-state index in [-0.39, 0.29) is 12.7 Å². The number of carbonyl (C=O) groups excluding carboxylic acids is 1. The minimum Gasteiger partial charge on any atom is -0.454 e. The second kappa shape index (κ2) is 5.34. The molecule has 0 atom stereocenters. The van der Waals surface area contributed by atoms with E-state index >= 15 is 0 Å². The van der Waals surface area contributed by atoms with E-state index < -0.39 is 0 Å². The molecule has 0 saturated carbocycles. The zero-order valence-corrected chi connectivity index (χ0v) is 12.5. The van der Waals surface area contributed by atoms with E-state index in [0.717, 1.165) is 4.47 Å². The van der Waals surface area contributed by atoms with Crippen LogP contribution in [-0.2, 0) is 0 Å². The number of benzene rings is 2. The van der Waals surface area contributed by atoms with Crippen molar-refractivity contribution in [3.05, 3.63) is 51.5 Å². The minimum absolute atomic E-state index is 0.178. The fourth-order valence-corrected chi connectivity index (χ4v) is 2.35. The molecular formula is C14H9BrClNO3. The lowest BCUT2D eigenvalue weighted by molar-refractivity contribution is 0.102. The van der Waals surface area contributed by atoms with Crippen LogP contribution >= 0.6 is 27.5 Å². The molecule has 0 aromatic heterocycles. The van der Waals surface area contributed by atoms with E-state index in [1.807, 2.05) is 0 Å². The molecule has 6 heteroatoms. The predicted molar refractivity (Wildman–Crippen MR) is 79.7 cm³/mol. The van der Waals surface area contributed by atoms with Gasteiger partial charge in [-0.25, -0.2) is 0 Å². The van der Waals surface area contributed by atoms with Gasteiger partial charge in [0.1, 0.15) is 0 Å². The van der Waals surface area contributed by atoms with Gasteiger partial charge in [0.2, 0.25) is 6.79 Å². The summed E-state index contributed by atoms with van der Waals surface area (Å²) in [6.07, 6.45) is 0. The fourth-order valence-electron chi connectivity index (χ4n) is 1.83. The number of nitrogens with one attached hydrogen (secondary N) is 1. The van der Waals surface area contributed by atoms with E-state index in [4.69, 9.17) is 21.1 Å². The molecule has 1 N–H and O–H groups in total. The first kappa shape index (κ1) is 13.3. The van der Waals surface area contributed by atoms with Crippen LogP contribution in [0, 0.1) is 0 Å². The summed E-state index contributed by atoms with van der Waals surface area (Å²) in [5, 5.41) is 3.24. The van der Waals surface area contributed by atoms with Crippen LogP contribution in [0.15, 0.2) is 40.9 Å². The monoisotopic (exact) mass is 353 g/mol. The van der Waals surface area contributed by atoms with E-state index in [2.05, 4.69) is 21.2 Å². The molecule has 0 unspecified atom stereocenters. The van der Waals surface area contributed by atoms with Gasteiger partial charge in [0.05, 0.1) is 10.7 Å². The van der Waals surface area contributed by atoms with Crippen molar-refractivity contribution >= 4 is 39.1 Å². The first-order valence-corrected chi connectivity index (χ1v) is 6.96. The number of hydrogen-bond donors (Lipinski definition) is 1. The van der Waals surface area contributed by atoms with Gasteiger partial charge in [-0.05, 0) is 36.4 Å². The van der Waals surface area contributed by atoms with Crippen molar-refractivity contribution in [2.75, 3.05) is 12.1 Å². The van der Waals surface area contributed by atoms with Crippen molar-refractivity contribution in [3.63, 3.8) is 0 Å². The van der Waals surface area contributed by atoms with Gasteiger partial charge in [-0.3, -0.25) is 4.79 Å². The first-order chi connectivity index (χ1) is 9.63. The van der Waals surface area contributed by atoms with E-state index in [0.29, 0.717) is 27.8 Å². The summed E-state index contributed by atoms with van der Waals surface area (Å²) in [5.41, 5.74) is 1.02. The molecule has 3 rings (SSSR count). The highest BCUT2D eigenvalue weighted by molar-refractivity contribution is 9.10. The van der Waals surface area contributed by atoms with E-state index in [1.165, 1.54) is 0 Å². The highest BCUT2D eigenvalue weighted by atomic mass is 79.9. The van der Waals surface area contributed by atoms with Crippen LogP contribution in [0.25, 0.3) is 0 Å². The number of rotatable bonds is 2. The molecule has 0 fully saturated rings. The number of carbonyl (C=O) groups is 1. The number of ether oxygens (including phenoxy) is 2. The molecule has 0 aliphatic carbocycles.